The minimum Gasteiger partial charge on any atom is -0.493 e. The van der Waals surface area contributed by atoms with Crippen LogP contribution < -0.4 is 15.6 Å². The van der Waals surface area contributed by atoms with Gasteiger partial charge in [-0.25, -0.2) is 0 Å². The van der Waals surface area contributed by atoms with E-state index < -0.39 is 23.6 Å². The normalized spacial score (nSPS) is 11.2. The Labute approximate surface area is 109 Å². The molecule has 1 heterocycles. The van der Waals surface area contributed by atoms with E-state index in [0.29, 0.717) is 0 Å². The standard InChI is InChI=1S/C11H8F3N3O3/c12-11(13,14)20-7-3-1-2-6(4-7)15-10-16-8(18)5-9(19)17-10/h1-5H,(H3,15,16,17,18,19). The predicted octanol–water partition coefficient (Wildman–Crippen LogP) is 2.12. The van der Waals surface area contributed by atoms with Crippen LogP contribution in [0.5, 0.6) is 11.6 Å². The van der Waals surface area contributed by atoms with E-state index in [-0.39, 0.29) is 11.6 Å². The minimum absolute atomic E-state index is 0.112. The molecule has 0 unspecified atom stereocenters. The van der Waals surface area contributed by atoms with Crippen LogP contribution in [-0.2, 0) is 0 Å². The van der Waals surface area contributed by atoms with Gasteiger partial charge >= 0.3 is 6.36 Å². The van der Waals surface area contributed by atoms with Gasteiger partial charge in [-0.15, -0.1) is 13.2 Å². The quantitative estimate of drug-likeness (QED) is 0.805. The molecule has 2 rings (SSSR count). The average Bonchev–Trinajstić information content (AvgIpc) is 2.25. The van der Waals surface area contributed by atoms with Crippen molar-refractivity contribution in [1.29, 1.82) is 0 Å². The third kappa shape index (κ3) is 3.90. The first kappa shape index (κ1) is 13.7. The zero-order valence-corrected chi connectivity index (χ0v) is 9.73. The van der Waals surface area contributed by atoms with Gasteiger partial charge in [-0.2, -0.15) is 4.98 Å². The molecule has 9 heteroatoms. The highest BCUT2D eigenvalue weighted by Crippen LogP contribution is 2.25. The molecule has 0 fully saturated rings. The van der Waals surface area contributed by atoms with Crippen LogP contribution in [0.1, 0.15) is 0 Å². The van der Waals surface area contributed by atoms with Gasteiger partial charge in [0, 0.05) is 11.8 Å². The van der Waals surface area contributed by atoms with Crippen LogP contribution in [0.3, 0.4) is 0 Å². The van der Waals surface area contributed by atoms with Crippen molar-refractivity contribution in [3.05, 3.63) is 40.7 Å². The van der Waals surface area contributed by atoms with Crippen LogP contribution >= 0.6 is 0 Å². The number of nitrogens with zero attached hydrogens (tertiary/aromatic N) is 1. The summed E-state index contributed by atoms with van der Waals surface area (Å²) in [5, 5.41) is 11.7. The lowest BCUT2D eigenvalue weighted by atomic mass is 10.3. The van der Waals surface area contributed by atoms with Crippen molar-refractivity contribution in [2.24, 2.45) is 0 Å². The van der Waals surface area contributed by atoms with Crippen LogP contribution in [0.4, 0.5) is 24.8 Å². The van der Waals surface area contributed by atoms with Gasteiger partial charge in [0.05, 0.1) is 6.07 Å². The highest BCUT2D eigenvalue weighted by molar-refractivity contribution is 5.55. The van der Waals surface area contributed by atoms with Crippen molar-refractivity contribution < 1.29 is 23.0 Å². The van der Waals surface area contributed by atoms with E-state index in [1.165, 1.54) is 12.1 Å². The summed E-state index contributed by atoms with van der Waals surface area (Å²) in [4.78, 5) is 16.9. The molecule has 0 spiro atoms. The number of aromatic hydroxyl groups is 1. The zero-order valence-electron chi connectivity index (χ0n) is 9.73. The summed E-state index contributed by atoms with van der Waals surface area (Å²) in [5.41, 5.74) is -0.414. The first-order valence-electron chi connectivity index (χ1n) is 5.25. The van der Waals surface area contributed by atoms with Crippen molar-refractivity contribution in [2.75, 3.05) is 5.32 Å². The third-order valence-corrected chi connectivity index (χ3v) is 2.06. The number of alkyl halides is 3. The SMILES string of the molecule is O=c1cc(O)nc(Nc2cccc(OC(F)(F)F)c2)[nH]1. The molecule has 3 N–H and O–H groups in total. The van der Waals surface area contributed by atoms with Gasteiger partial charge in [-0.3, -0.25) is 9.78 Å². The lowest BCUT2D eigenvalue weighted by Crippen LogP contribution is -2.17. The van der Waals surface area contributed by atoms with Crippen molar-refractivity contribution in [2.45, 2.75) is 6.36 Å². The second kappa shape index (κ2) is 5.11. The maximum absolute atomic E-state index is 12.1. The minimum atomic E-state index is -4.80. The van der Waals surface area contributed by atoms with Crippen molar-refractivity contribution >= 4 is 11.6 Å². The van der Waals surface area contributed by atoms with Gasteiger partial charge in [0.25, 0.3) is 5.56 Å². The van der Waals surface area contributed by atoms with E-state index in [2.05, 4.69) is 20.0 Å². The van der Waals surface area contributed by atoms with E-state index in [4.69, 9.17) is 5.11 Å². The molecule has 0 atom stereocenters. The Kier molecular flexibility index (Phi) is 3.51. The number of anilines is 2. The molecule has 0 amide bonds. The van der Waals surface area contributed by atoms with Gasteiger partial charge in [-0.1, -0.05) is 6.07 Å². The number of H-pyrrole nitrogens is 1. The molecule has 0 radical (unpaired) electrons. The summed E-state index contributed by atoms with van der Waals surface area (Å²) in [7, 11) is 0. The first-order valence-corrected chi connectivity index (χ1v) is 5.25. The number of halogens is 3. The molecule has 0 aliphatic carbocycles. The van der Waals surface area contributed by atoms with Gasteiger partial charge in [0.1, 0.15) is 5.75 Å². The van der Waals surface area contributed by atoms with Gasteiger partial charge in [0.2, 0.25) is 11.8 Å². The average molecular weight is 287 g/mol. The van der Waals surface area contributed by atoms with Crippen LogP contribution in [0.15, 0.2) is 35.1 Å². The fourth-order valence-electron chi connectivity index (χ4n) is 1.41. The maximum atomic E-state index is 12.1. The fraction of sp³-hybridized carbons (Fsp3) is 0.0909. The Morgan fingerprint density at radius 3 is 2.70 bits per heavy atom. The largest absolute Gasteiger partial charge is 0.573 e. The third-order valence-electron chi connectivity index (χ3n) is 2.06. The van der Waals surface area contributed by atoms with E-state index in [1.54, 1.807) is 0 Å². The summed E-state index contributed by atoms with van der Waals surface area (Å²) >= 11 is 0. The number of benzene rings is 1. The number of aromatic amines is 1. The van der Waals surface area contributed by atoms with Gasteiger partial charge in [0.15, 0.2) is 0 Å². The first-order chi connectivity index (χ1) is 9.32. The number of hydrogen-bond donors (Lipinski definition) is 3. The molecule has 1 aromatic carbocycles. The molecule has 0 aliphatic rings. The van der Waals surface area contributed by atoms with Crippen LogP contribution in [0, 0.1) is 0 Å². The van der Waals surface area contributed by atoms with E-state index >= 15 is 0 Å². The second-order valence-corrected chi connectivity index (χ2v) is 3.65. The molecular weight excluding hydrogens is 279 g/mol. The monoisotopic (exact) mass is 287 g/mol. The lowest BCUT2D eigenvalue weighted by molar-refractivity contribution is -0.274. The summed E-state index contributed by atoms with van der Waals surface area (Å²) in [5.74, 6) is -1.05. The number of aromatic nitrogens is 2. The van der Waals surface area contributed by atoms with Crippen molar-refractivity contribution in [1.82, 2.24) is 9.97 Å². The summed E-state index contributed by atoms with van der Waals surface area (Å²) in [6.45, 7) is 0. The molecule has 6 nitrogen and oxygen atoms in total. The van der Waals surface area contributed by atoms with E-state index in [1.807, 2.05) is 0 Å². The maximum Gasteiger partial charge on any atom is 0.573 e. The Morgan fingerprint density at radius 1 is 1.30 bits per heavy atom. The Hall–Kier alpha value is -2.71. The second-order valence-electron chi connectivity index (χ2n) is 3.65. The van der Waals surface area contributed by atoms with E-state index in [0.717, 1.165) is 18.2 Å². The number of ether oxygens (including phenoxy) is 1. The van der Waals surface area contributed by atoms with Crippen LogP contribution in [-0.4, -0.2) is 21.4 Å². The van der Waals surface area contributed by atoms with Crippen molar-refractivity contribution in [3.8, 4) is 11.6 Å². The Bertz CT molecular complexity index is 670. The van der Waals surface area contributed by atoms with Gasteiger partial charge < -0.3 is 15.2 Å². The molecule has 0 aliphatic heterocycles. The van der Waals surface area contributed by atoms with Crippen molar-refractivity contribution in [3.63, 3.8) is 0 Å². The lowest BCUT2D eigenvalue weighted by Gasteiger charge is -2.10. The highest BCUT2D eigenvalue weighted by atomic mass is 19.4. The fourth-order valence-corrected chi connectivity index (χ4v) is 1.41. The zero-order chi connectivity index (χ0) is 14.8. The summed E-state index contributed by atoms with van der Waals surface area (Å²) in [6.07, 6.45) is -4.80. The topological polar surface area (TPSA) is 87.2 Å². The molecule has 2 aromatic rings. The highest BCUT2D eigenvalue weighted by Gasteiger charge is 2.31. The van der Waals surface area contributed by atoms with Gasteiger partial charge in [-0.05, 0) is 12.1 Å². The van der Waals surface area contributed by atoms with E-state index in [9.17, 15) is 18.0 Å². The Balaban J connectivity index is 2.21. The molecule has 20 heavy (non-hydrogen) atoms. The molecule has 1 aromatic heterocycles. The predicted molar refractivity (Wildman–Crippen MR) is 62.9 cm³/mol. The van der Waals surface area contributed by atoms with Crippen LogP contribution in [0.25, 0.3) is 0 Å². The summed E-state index contributed by atoms with van der Waals surface area (Å²) < 4.78 is 40.0. The number of rotatable bonds is 3. The molecule has 0 saturated carbocycles. The smallest absolute Gasteiger partial charge is 0.493 e. The molecule has 0 saturated heterocycles. The number of nitrogens with one attached hydrogen (secondary N) is 2. The van der Waals surface area contributed by atoms with Crippen LogP contribution in [0.2, 0.25) is 0 Å². The molecule has 106 valence electrons. The Morgan fingerprint density at radius 2 is 2.05 bits per heavy atom. The molecule has 0 bridgehead atoms. The number of hydrogen-bond acceptors (Lipinski definition) is 5. The molecular formula is C11H8F3N3O3. The summed E-state index contributed by atoms with van der Waals surface area (Å²) in [6, 6.07) is 5.81.